The number of rotatable bonds is 2. The Morgan fingerprint density at radius 2 is 2.10 bits per heavy atom. The summed E-state index contributed by atoms with van der Waals surface area (Å²) in [5.41, 5.74) is 5.57. The number of halogens is 3. The lowest BCUT2D eigenvalue weighted by Gasteiger charge is -2.41. The maximum atomic E-state index is 13.2. The minimum atomic E-state index is -4.33. The van der Waals surface area contributed by atoms with Crippen molar-refractivity contribution < 1.29 is 13.2 Å². The van der Waals surface area contributed by atoms with E-state index in [-0.39, 0.29) is 17.3 Å². The second-order valence-corrected chi connectivity index (χ2v) is 6.47. The summed E-state index contributed by atoms with van der Waals surface area (Å²) in [6.07, 6.45) is 0.852. The Balaban J connectivity index is 2.42. The van der Waals surface area contributed by atoms with Gasteiger partial charge in [-0.1, -0.05) is 13.8 Å². The van der Waals surface area contributed by atoms with E-state index in [4.69, 9.17) is 5.73 Å². The van der Waals surface area contributed by atoms with Crippen molar-refractivity contribution in [3.63, 3.8) is 0 Å². The fourth-order valence-corrected chi connectivity index (χ4v) is 3.25. The summed E-state index contributed by atoms with van der Waals surface area (Å²) >= 11 is 0. The van der Waals surface area contributed by atoms with Crippen LogP contribution in [0.25, 0.3) is 0 Å². The summed E-state index contributed by atoms with van der Waals surface area (Å²) in [6, 6.07) is 1.07. The molecule has 0 aromatic carbocycles. The second kappa shape index (κ2) is 5.35. The summed E-state index contributed by atoms with van der Waals surface area (Å²) < 4.78 is 39.5. The number of aromatic nitrogens is 1. The van der Waals surface area contributed by atoms with Crippen molar-refractivity contribution >= 4 is 0 Å². The molecule has 1 heterocycles. The van der Waals surface area contributed by atoms with Gasteiger partial charge in [0, 0.05) is 12.4 Å². The minimum Gasteiger partial charge on any atom is -0.330 e. The van der Waals surface area contributed by atoms with Crippen LogP contribution in [0.1, 0.15) is 50.2 Å². The molecule has 0 radical (unpaired) electrons. The number of nitrogens with zero attached hydrogens (tertiary/aromatic N) is 1. The molecule has 0 amide bonds. The maximum Gasteiger partial charge on any atom is 0.416 e. The molecule has 1 aromatic heterocycles. The Bertz CT molecular complexity index is 468. The fourth-order valence-electron chi connectivity index (χ4n) is 3.25. The van der Waals surface area contributed by atoms with Crippen molar-refractivity contribution in [2.24, 2.45) is 17.1 Å². The maximum absolute atomic E-state index is 13.2. The first-order valence-corrected chi connectivity index (χ1v) is 6.96. The van der Waals surface area contributed by atoms with E-state index in [1.807, 2.05) is 0 Å². The van der Waals surface area contributed by atoms with Crippen LogP contribution < -0.4 is 5.73 Å². The summed E-state index contributed by atoms with van der Waals surface area (Å²) in [5.74, 6) is -0.0533. The van der Waals surface area contributed by atoms with Crippen LogP contribution in [-0.4, -0.2) is 11.5 Å². The first kappa shape index (κ1) is 15.3. The molecule has 2 unspecified atom stereocenters. The molecule has 0 saturated heterocycles. The van der Waals surface area contributed by atoms with E-state index in [9.17, 15) is 13.2 Å². The average Bonchev–Trinajstić information content (AvgIpc) is 2.37. The highest BCUT2D eigenvalue weighted by Crippen LogP contribution is 2.48. The molecule has 0 aliphatic heterocycles. The molecule has 1 saturated carbocycles. The van der Waals surface area contributed by atoms with E-state index in [1.165, 1.54) is 12.4 Å². The van der Waals surface area contributed by atoms with E-state index in [1.54, 1.807) is 0 Å². The van der Waals surface area contributed by atoms with Gasteiger partial charge in [0.25, 0.3) is 0 Å². The third-order valence-electron chi connectivity index (χ3n) is 4.39. The smallest absolute Gasteiger partial charge is 0.330 e. The van der Waals surface area contributed by atoms with Crippen LogP contribution in [0.3, 0.4) is 0 Å². The van der Waals surface area contributed by atoms with Gasteiger partial charge in [0.15, 0.2) is 0 Å². The summed E-state index contributed by atoms with van der Waals surface area (Å²) in [5, 5.41) is 0. The predicted octanol–water partition coefficient (Wildman–Crippen LogP) is 3.97. The molecule has 2 N–H and O–H groups in total. The largest absolute Gasteiger partial charge is 0.416 e. The standard InChI is InChI=1S/C15H21F3N2/c1-14(2)5-3-10(8-19)11(7-14)12-9-20-6-4-13(12)15(16,17)18/h4,6,9-11H,3,5,7-8,19H2,1-2H3. The normalized spacial score (nSPS) is 26.5. The zero-order valence-electron chi connectivity index (χ0n) is 11.9. The van der Waals surface area contributed by atoms with Crippen LogP contribution in [0.4, 0.5) is 13.2 Å². The van der Waals surface area contributed by atoms with Gasteiger partial charge >= 0.3 is 6.18 Å². The molecular weight excluding hydrogens is 265 g/mol. The van der Waals surface area contributed by atoms with Gasteiger partial charge in [0.1, 0.15) is 0 Å². The minimum absolute atomic E-state index is 0.0506. The van der Waals surface area contributed by atoms with Gasteiger partial charge < -0.3 is 5.73 Å². The molecule has 112 valence electrons. The zero-order chi connectivity index (χ0) is 15.0. The third kappa shape index (κ3) is 3.14. The van der Waals surface area contributed by atoms with Gasteiger partial charge in [-0.3, -0.25) is 4.98 Å². The highest BCUT2D eigenvalue weighted by Gasteiger charge is 2.40. The molecule has 1 aromatic rings. The highest BCUT2D eigenvalue weighted by molar-refractivity contribution is 5.31. The summed E-state index contributed by atoms with van der Waals surface area (Å²) in [7, 11) is 0. The van der Waals surface area contributed by atoms with E-state index in [2.05, 4.69) is 18.8 Å². The third-order valence-corrected chi connectivity index (χ3v) is 4.39. The van der Waals surface area contributed by atoms with E-state index in [0.717, 1.165) is 25.3 Å². The monoisotopic (exact) mass is 286 g/mol. The molecular formula is C15H21F3N2. The van der Waals surface area contributed by atoms with Crippen molar-refractivity contribution in [3.8, 4) is 0 Å². The van der Waals surface area contributed by atoms with Crippen LogP contribution >= 0.6 is 0 Å². The Hall–Kier alpha value is -1.10. The van der Waals surface area contributed by atoms with Gasteiger partial charge in [-0.2, -0.15) is 13.2 Å². The zero-order valence-corrected chi connectivity index (χ0v) is 11.9. The second-order valence-electron chi connectivity index (χ2n) is 6.47. The SMILES string of the molecule is CC1(C)CCC(CN)C(c2cnccc2C(F)(F)F)C1. The predicted molar refractivity (Wildman–Crippen MR) is 72.2 cm³/mol. The van der Waals surface area contributed by atoms with E-state index in [0.29, 0.717) is 12.1 Å². The first-order valence-electron chi connectivity index (χ1n) is 6.96. The number of alkyl halides is 3. The highest BCUT2D eigenvalue weighted by atomic mass is 19.4. The van der Waals surface area contributed by atoms with Crippen LogP contribution in [-0.2, 0) is 6.18 Å². The van der Waals surface area contributed by atoms with E-state index < -0.39 is 11.7 Å². The number of nitrogens with two attached hydrogens (primary N) is 1. The first-order chi connectivity index (χ1) is 9.24. The number of hydrogen-bond donors (Lipinski definition) is 1. The van der Waals surface area contributed by atoms with Crippen molar-refractivity contribution in [2.75, 3.05) is 6.54 Å². The lowest BCUT2D eigenvalue weighted by atomic mass is 9.65. The van der Waals surface area contributed by atoms with Crippen LogP contribution in [0.15, 0.2) is 18.5 Å². The molecule has 20 heavy (non-hydrogen) atoms. The van der Waals surface area contributed by atoms with Gasteiger partial charge in [0.2, 0.25) is 0 Å². The van der Waals surface area contributed by atoms with Crippen molar-refractivity contribution in [1.82, 2.24) is 4.98 Å². The molecule has 5 heteroatoms. The average molecular weight is 286 g/mol. The summed E-state index contributed by atoms with van der Waals surface area (Å²) in [6.45, 7) is 4.64. The fraction of sp³-hybridized carbons (Fsp3) is 0.667. The molecule has 1 aliphatic carbocycles. The number of pyridine rings is 1. The molecule has 1 fully saturated rings. The summed E-state index contributed by atoms with van der Waals surface area (Å²) in [4.78, 5) is 3.91. The molecule has 0 bridgehead atoms. The van der Waals surface area contributed by atoms with Gasteiger partial charge in [-0.25, -0.2) is 0 Å². The lowest BCUT2D eigenvalue weighted by Crippen LogP contribution is -2.33. The van der Waals surface area contributed by atoms with Crippen molar-refractivity contribution in [2.45, 2.75) is 45.2 Å². The topological polar surface area (TPSA) is 38.9 Å². The molecule has 2 nitrogen and oxygen atoms in total. The number of hydrogen-bond acceptors (Lipinski definition) is 2. The van der Waals surface area contributed by atoms with E-state index >= 15 is 0 Å². The van der Waals surface area contributed by atoms with Gasteiger partial charge in [-0.15, -0.1) is 0 Å². The van der Waals surface area contributed by atoms with Crippen LogP contribution in [0.2, 0.25) is 0 Å². The molecule has 1 aliphatic rings. The Labute approximate surface area is 117 Å². The van der Waals surface area contributed by atoms with Crippen LogP contribution in [0.5, 0.6) is 0 Å². The van der Waals surface area contributed by atoms with Crippen molar-refractivity contribution in [1.29, 1.82) is 0 Å². The Morgan fingerprint density at radius 3 is 2.70 bits per heavy atom. The molecule has 2 atom stereocenters. The Kier molecular flexibility index (Phi) is 4.09. The quantitative estimate of drug-likeness (QED) is 0.893. The van der Waals surface area contributed by atoms with Crippen LogP contribution in [0, 0.1) is 11.3 Å². The lowest BCUT2D eigenvalue weighted by molar-refractivity contribution is -0.138. The van der Waals surface area contributed by atoms with Gasteiger partial charge in [-0.05, 0) is 54.7 Å². The Morgan fingerprint density at radius 1 is 1.40 bits per heavy atom. The van der Waals surface area contributed by atoms with Gasteiger partial charge in [0.05, 0.1) is 5.56 Å². The van der Waals surface area contributed by atoms with Crippen molar-refractivity contribution in [3.05, 3.63) is 29.6 Å². The molecule has 0 spiro atoms. The molecule has 2 rings (SSSR count).